The van der Waals surface area contributed by atoms with Gasteiger partial charge in [-0.2, -0.15) is 0 Å². The van der Waals surface area contributed by atoms with Crippen LogP contribution in [-0.2, 0) is 4.79 Å². The van der Waals surface area contributed by atoms with E-state index in [1.807, 2.05) is 24.3 Å². The average molecular weight is 262 g/mol. The Kier molecular flexibility index (Phi) is 4.01. The zero-order chi connectivity index (χ0) is 13.8. The lowest BCUT2D eigenvalue weighted by Gasteiger charge is -2.32. The lowest BCUT2D eigenvalue weighted by Crippen LogP contribution is -2.41. The van der Waals surface area contributed by atoms with Gasteiger partial charge in [-0.3, -0.25) is 4.79 Å². The summed E-state index contributed by atoms with van der Waals surface area (Å²) in [5.74, 6) is 0.0825. The van der Waals surface area contributed by atoms with Crippen LogP contribution in [0.3, 0.4) is 0 Å². The molecule has 6 heteroatoms. The third-order valence-electron chi connectivity index (χ3n) is 3.24. The number of rotatable bonds is 4. The van der Waals surface area contributed by atoms with Gasteiger partial charge in [0.25, 0.3) is 0 Å². The summed E-state index contributed by atoms with van der Waals surface area (Å²) < 4.78 is 0. The number of para-hydroxylation sites is 1. The van der Waals surface area contributed by atoms with Crippen molar-refractivity contribution in [3.05, 3.63) is 29.8 Å². The number of benzene rings is 1. The molecule has 2 rings (SSSR count). The summed E-state index contributed by atoms with van der Waals surface area (Å²) in [6.45, 7) is 1.01. The van der Waals surface area contributed by atoms with Crippen LogP contribution in [0.5, 0.6) is 0 Å². The molecule has 1 aromatic carbocycles. The van der Waals surface area contributed by atoms with Gasteiger partial charge in [-0.1, -0.05) is 18.2 Å². The molecule has 0 saturated carbocycles. The molecular formula is C13H18N4O2. The minimum absolute atomic E-state index is 0.0189. The topological polar surface area (TPSA) is 87.5 Å². The molecule has 1 unspecified atom stereocenters. The largest absolute Gasteiger partial charge is 0.352 e. The first-order chi connectivity index (χ1) is 9.09. The van der Waals surface area contributed by atoms with Crippen molar-refractivity contribution in [2.75, 3.05) is 25.0 Å². The number of nitrogens with zero attached hydrogens (tertiary/aromatic N) is 1. The molecule has 0 bridgehead atoms. The summed E-state index contributed by atoms with van der Waals surface area (Å²) in [6, 6.07) is 7.26. The van der Waals surface area contributed by atoms with E-state index in [1.165, 1.54) is 0 Å². The summed E-state index contributed by atoms with van der Waals surface area (Å²) in [5, 5.41) is 5.78. The van der Waals surface area contributed by atoms with Gasteiger partial charge in [-0.15, -0.1) is 0 Å². The monoisotopic (exact) mass is 262 g/mol. The fourth-order valence-electron chi connectivity index (χ4n) is 2.26. The van der Waals surface area contributed by atoms with Crippen molar-refractivity contribution in [3.8, 4) is 0 Å². The number of urea groups is 1. The number of fused-ring (bicyclic) bond motifs is 1. The molecule has 0 radical (unpaired) electrons. The second kappa shape index (κ2) is 5.71. The maximum atomic E-state index is 11.9. The van der Waals surface area contributed by atoms with Crippen LogP contribution in [0, 0.1) is 0 Å². The van der Waals surface area contributed by atoms with Crippen molar-refractivity contribution in [1.82, 2.24) is 10.6 Å². The fraction of sp³-hybridized carbons (Fsp3) is 0.385. The van der Waals surface area contributed by atoms with E-state index in [-0.39, 0.29) is 11.9 Å². The van der Waals surface area contributed by atoms with Crippen LogP contribution in [0.4, 0.5) is 10.5 Å². The molecular weight excluding hydrogens is 244 g/mol. The Balaban J connectivity index is 2.03. The van der Waals surface area contributed by atoms with Crippen LogP contribution in [0.25, 0.3) is 0 Å². The number of anilines is 1. The highest BCUT2D eigenvalue weighted by Crippen LogP contribution is 2.32. The van der Waals surface area contributed by atoms with Gasteiger partial charge in [-0.05, 0) is 11.6 Å². The SMILES string of the molecule is CN1C(=O)CC(NCCNC(N)=O)c2ccccc21. The van der Waals surface area contributed by atoms with E-state index < -0.39 is 6.03 Å². The Labute approximate surface area is 112 Å². The smallest absolute Gasteiger partial charge is 0.312 e. The molecule has 0 fully saturated rings. The first-order valence-corrected chi connectivity index (χ1v) is 6.21. The summed E-state index contributed by atoms with van der Waals surface area (Å²) in [5.41, 5.74) is 7.02. The van der Waals surface area contributed by atoms with Crippen LogP contribution < -0.4 is 21.3 Å². The fourth-order valence-corrected chi connectivity index (χ4v) is 2.26. The molecule has 1 atom stereocenters. The standard InChI is InChI=1S/C13H18N4O2/c1-17-11-5-3-2-4-9(11)10(8-12(17)18)15-6-7-16-13(14)19/h2-5,10,15H,6-8H2,1H3,(H3,14,16,19). The van der Waals surface area contributed by atoms with Crippen LogP contribution >= 0.6 is 0 Å². The van der Waals surface area contributed by atoms with E-state index in [0.717, 1.165) is 11.3 Å². The molecule has 1 heterocycles. The van der Waals surface area contributed by atoms with E-state index in [0.29, 0.717) is 19.5 Å². The van der Waals surface area contributed by atoms with Crippen molar-refractivity contribution in [3.63, 3.8) is 0 Å². The minimum atomic E-state index is -0.540. The number of hydrogen-bond donors (Lipinski definition) is 3. The molecule has 0 aromatic heterocycles. The van der Waals surface area contributed by atoms with Crippen LogP contribution in [0.1, 0.15) is 18.0 Å². The lowest BCUT2D eigenvalue weighted by atomic mass is 9.96. The molecule has 1 aliphatic heterocycles. The van der Waals surface area contributed by atoms with Crippen molar-refractivity contribution >= 4 is 17.6 Å². The highest BCUT2D eigenvalue weighted by molar-refractivity contribution is 5.96. The number of carbonyl (C=O) groups is 2. The zero-order valence-electron chi connectivity index (χ0n) is 10.8. The summed E-state index contributed by atoms with van der Waals surface area (Å²) in [6.07, 6.45) is 0.421. The highest BCUT2D eigenvalue weighted by atomic mass is 16.2. The summed E-state index contributed by atoms with van der Waals surface area (Å²) in [7, 11) is 1.78. The van der Waals surface area contributed by atoms with E-state index >= 15 is 0 Å². The van der Waals surface area contributed by atoms with Crippen molar-refractivity contribution < 1.29 is 9.59 Å². The van der Waals surface area contributed by atoms with Gasteiger partial charge in [0.05, 0.1) is 0 Å². The van der Waals surface area contributed by atoms with Gasteiger partial charge in [0.15, 0.2) is 0 Å². The highest BCUT2D eigenvalue weighted by Gasteiger charge is 2.28. The van der Waals surface area contributed by atoms with Crippen LogP contribution in [0.2, 0.25) is 0 Å². The van der Waals surface area contributed by atoms with Crippen LogP contribution in [0.15, 0.2) is 24.3 Å². The van der Waals surface area contributed by atoms with Gasteiger partial charge in [-0.25, -0.2) is 4.79 Å². The average Bonchev–Trinajstić information content (AvgIpc) is 2.40. The number of carbonyl (C=O) groups excluding carboxylic acids is 2. The normalized spacial score (nSPS) is 18.1. The molecule has 4 N–H and O–H groups in total. The van der Waals surface area contributed by atoms with E-state index in [1.54, 1.807) is 11.9 Å². The molecule has 3 amide bonds. The maximum absolute atomic E-state index is 11.9. The quantitative estimate of drug-likeness (QED) is 0.684. The number of primary amides is 1. The Morgan fingerprint density at radius 2 is 2.16 bits per heavy atom. The maximum Gasteiger partial charge on any atom is 0.312 e. The van der Waals surface area contributed by atoms with Gasteiger partial charge in [0, 0.05) is 38.3 Å². The molecule has 6 nitrogen and oxygen atoms in total. The number of nitrogens with two attached hydrogens (primary N) is 1. The second-order valence-corrected chi connectivity index (χ2v) is 4.51. The number of hydrogen-bond acceptors (Lipinski definition) is 3. The van der Waals surface area contributed by atoms with Gasteiger partial charge in [0.1, 0.15) is 0 Å². The van der Waals surface area contributed by atoms with E-state index in [2.05, 4.69) is 10.6 Å². The predicted octanol–water partition coefficient (Wildman–Crippen LogP) is 0.352. The van der Waals surface area contributed by atoms with Gasteiger partial charge in [0.2, 0.25) is 5.91 Å². The summed E-state index contributed by atoms with van der Waals surface area (Å²) >= 11 is 0. The van der Waals surface area contributed by atoms with Gasteiger partial charge < -0.3 is 21.3 Å². The van der Waals surface area contributed by atoms with E-state index in [9.17, 15) is 9.59 Å². The molecule has 19 heavy (non-hydrogen) atoms. The Morgan fingerprint density at radius 3 is 2.89 bits per heavy atom. The Hall–Kier alpha value is -2.08. The molecule has 1 aliphatic rings. The zero-order valence-corrected chi connectivity index (χ0v) is 10.8. The third kappa shape index (κ3) is 3.03. The molecule has 0 spiro atoms. The molecule has 0 aliphatic carbocycles. The number of nitrogens with one attached hydrogen (secondary N) is 2. The Bertz CT molecular complexity index is 489. The van der Waals surface area contributed by atoms with Crippen LogP contribution in [-0.4, -0.2) is 32.1 Å². The lowest BCUT2D eigenvalue weighted by molar-refractivity contribution is -0.119. The van der Waals surface area contributed by atoms with E-state index in [4.69, 9.17) is 5.73 Å². The first kappa shape index (κ1) is 13.4. The van der Waals surface area contributed by atoms with Crippen molar-refractivity contribution in [1.29, 1.82) is 0 Å². The minimum Gasteiger partial charge on any atom is -0.352 e. The summed E-state index contributed by atoms with van der Waals surface area (Å²) in [4.78, 5) is 24.1. The molecule has 0 saturated heterocycles. The predicted molar refractivity (Wildman–Crippen MR) is 72.8 cm³/mol. The second-order valence-electron chi connectivity index (χ2n) is 4.51. The third-order valence-corrected chi connectivity index (χ3v) is 3.24. The first-order valence-electron chi connectivity index (χ1n) is 6.21. The van der Waals surface area contributed by atoms with Crippen molar-refractivity contribution in [2.45, 2.75) is 12.5 Å². The van der Waals surface area contributed by atoms with Gasteiger partial charge >= 0.3 is 6.03 Å². The molecule has 1 aromatic rings. The number of amides is 3. The van der Waals surface area contributed by atoms with Crippen molar-refractivity contribution in [2.24, 2.45) is 5.73 Å². The molecule has 102 valence electrons. The Morgan fingerprint density at radius 1 is 1.42 bits per heavy atom.